The Morgan fingerprint density at radius 1 is 1.24 bits per heavy atom. The van der Waals surface area contributed by atoms with Crippen molar-refractivity contribution >= 4 is 23.2 Å². The molecule has 1 aliphatic heterocycles. The number of halogens is 1. The molecule has 1 amide bonds. The first-order valence-corrected chi connectivity index (χ1v) is 8.91. The molecule has 1 atom stereocenters. The number of para-hydroxylation sites is 1. The number of nitrogens with zero attached hydrogens (tertiary/aromatic N) is 1. The van der Waals surface area contributed by atoms with E-state index >= 15 is 0 Å². The number of likely N-dealkylation sites (tertiary alicyclic amines) is 1. The molecule has 5 heteroatoms. The second-order valence-electron chi connectivity index (χ2n) is 6.65. The molecule has 2 aromatic carbocycles. The number of aryl methyl sites for hydroxylation is 1. The molecule has 2 N–H and O–H groups in total. The van der Waals surface area contributed by atoms with Gasteiger partial charge >= 0.3 is 0 Å². The summed E-state index contributed by atoms with van der Waals surface area (Å²) in [6, 6.07) is 15.1. The zero-order chi connectivity index (χ0) is 17.9. The second-order valence-corrected chi connectivity index (χ2v) is 7.06. The molecule has 0 saturated carbocycles. The van der Waals surface area contributed by atoms with Gasteiger partial charge in [-0.2, -0.15) is 0 Å². The lowest BCUT2D eigenvalue weighted by Crippen LogP contribution is -2.33. The van der Waals surface area contributed by atoms with Gasteiger partial charge in [0.25, 0.3) is 0 Å². The van der Waals surface area contributed by atoms with Crippen molar-refractivity contribution in [3.63, 3.8) is 0 Å². The lowest BCUT2D eigenvalue weighted by molar-refractivity contribution is -0.116. The molecule has 132 valence electrons. The fourth-order valence-corrected chi connectivity index (χ4v) is 3.59. The van der Waals surface area contributed by atoms with E-state index in [0.717, 1.165) is 17.7 Å². The molecule has 1 heterocycles. The maximum atomic E-state index is 12.1. The van der Waals surface area contributed by atoms with Gasteiger partial charge < -0.3 is 10.4 Å². The first-order valence-electron chi connectivity index (χ1n) is 8.53. The Hall–Kier alpha value is -1.88. The average molecular weight is 359 g/mol. The second kappa shape index (κ2) is 7.56. The Morgan fingerprint density at radius 2 is 1.96 bits per heavy atom. The van der Waals surface area contributed by atoms with E-state index in [1.165, 1.54) is 0 Å². The molecule has 0 unspecified atom stereocenters. The number of β-amino-alcohol motifs (C(OH)–C–C–N with tert-alkyl or cyclic N) is 1. The Labute approximate surface area is 153 Å². The quantitative estimate of drug-likeness (QED) is 0.859. The van der Waals surface area contributed by atoms with Gasteiger partial charge in [0.05, 0.1) is 10.7 Å². The first kappa shape index (κ1) is 17.9. The summed E-state index contributed by atoms with van der Waals surface area (Å²) in [7, 11) is 0. The highest BCUT2D eigenvalue weighted by Gasteiger charge is 2.38. The Bertz CT molecular complexity index is 765. The van der Waals surface area contributed by atoms with Gasteiger partial charge in [0, 0.05) is 26.1 Å². The molecule has 3 rings (SSSR count). The van der Waals surface area contributed by atoms with E-state index in [-0.39, 0.29) is 5.91 Å². The molecule has 0 aliphatic carbocycles. The molecular formula is C20H23ClN2O2. The largest absolute Gasteiger partial charge is 0.384 e. The number of carbonyl (C=O) groups excluding carboxylic acids is 1. The van der Waals surface area contributed by atoms with Crippen LogP contribution in [0.3, 0.4) is 0 Å². The number of anilines is 1. The Morgan fingerprint density at radius 3 is 2.72 bits per heavy atom. The topological polar surface area (TPSA) is 52.6 Å². The van der Waals surface area contributed by atoms with E-state index in [1.807, 2.05) is 43.3 Å². The molecule has 1 aliphatic rings. The predicted octanol–water partition coefficient (Wildman–Crippen LogP) is 3.57. The summed E-state index contributed by atoms with van der Waals surface area (Å²) in [6.07, 6.45) is 1.05. The van der Waals surface area contributed by atoms with E-state index in [1.54, 1.807) is 12.1 Å². The maximum absolute atomic E-state index is 12.1. The molecule has 1 saturated heterocycles. The number of rotatable bonds is 5. The van der Waals surface area contributed by atoms with Crippen LogP contribution in [0.5, 0.6) is 0 Å². The minimum atomic E-state index is -0.829. The zero-order valence-corrected chi connectivity index (χ0v) is 15.1. The summed E-state index contributed by atoms with van der Waals surface area (Å²) in [6.45, 7) is 3.97. The number of amides is 1. The van der Waals surface area contributed by atoms with Gasteiger partial charge in [0.2, 0.25) is 5.91 Å². The van der Waals surface area contributed by atoms with Crippen LogP contribution in [0, 0.1) is 6.92 Å². The van der Waals surface area contributed by atoms with Gasteiger partial charge in [0.15, 0.2) is 0 Å². The van der Waals surface area contributed by atoms with Gasteiger partial charge in [-0.3, -0.25) is 9.69 Å². The van der Waals surface area contributed by atoms with Crippen molar-refractivity contribution in [1.82, 2.24) is 4.90 Å². The third-order valence-electron chi connectivity index (χ3n) is 4.78. The summed E-state index contributed by atoms with van der Waals surface area (Å²) >= 11 is 6.06. The SMILES string of the molecule is Cc1ccccc1[C@]1(O)CCN(CCC(=O)Nc2ccccc2Cl)C1. The number of aliphatic hydroxyl groups is 1. The molecule has 25 heavy (non-hydrogen) atoms. The van der Waals surface area contributed by atoms with Gasteiger partial charge in [-0.05, 0) is 36.6 Å². The molecule has 0 radical (unpaired) electrons. The molecule has 1 fully saturated rings. The summed E-state index contributed by atoms with van der Waals surface area (Å²) in [5.74, 6) is -0.0700. The molecule has 4 nitrogen and oxygen atoms in total. The highest BCUT2D eigenvalue weighted by molar-refractivity contribution is 6.33. The van der Waals surface area contributed by atoms with Crippen LogP contribution in [0.2, 0.25) is 5.02 Å². The van der Waals surface area contributed by atoms with Gasteiger partial charge in [0.1, 0.15) is 5.60 Å². The fourth-order valence-electron chi connectivity index (χ4n) is 3.41. The number of benzene rings is 2. The van der Waals surface area contributed by atoms with E-state index in [0.29, 0.717) is 36.6 Å². The fraction of sp³-hybridized carbons (Fsp3) is 0.350. The van der Waals surface area contributed by atoms with Crippen LogP contribution in [0.4, 0.5) is 5.69 Å². The van der Waals surface area contributed by atoms with Crippen molar-refractivity contribution in [2.75, 3.05) is 25.0 Å². The van der Waals surface area contributed by atoms with Crippen molar-refractivity contribution in [3.05, 3.63) is 64.7 Å². The van der Waals surface area contributed by atoms with Crippen molar-refractivity contribution in [1.29, 1.82) is 0 Å². The zero-order valence-electron chi connectivity index (χ0n) is 14.3. The third-order valence-corrected chi connectivity index (χ3v) is 5.11. The lowest BCUT2D eigenvalue weighted by Gasteiger charge is -2.25. The maximum Gasteiger partial charge on any atom is 0.225 e. The molecule has 2 aromatic rings. The minimum absolute atomic E-state index is 0.0700. The van der Waals surface area contributed by atoms with E-state index in [2.05, 4.69) is 10.2 Å². The summed E-state index contributed by atoms with van der Waals surface area (Å²) in [4.78, 5) is 14.3. The molecular weight excluding hydrogens is 336 g/mol. The predicted molar refractivity (Wildman–Crippen MR) is 101 cm³/mol. The number of hydrogen-bond acceptors (Lipinski definition) is 3. The van der Waals surface area contributed by atoms with Crippen LogP contribution >= 0.6 is 11.6 Å². The number of nitrogens with one attached hydrogen (secondary N) is 1. The van der Waals surface area contributed by atoms with Crippen LogP contribution in [0.15, 0.2) is 48.5 Å². The highest BCUT2D eigenvalue weighted by atomic mass is 35.5. The normalized spacial score (nSPS) is 20.6. The molecule has 0 aromatic heterocycles. The molecule has 0 bridgehead atoms. The van der Waals surface area contributed by atoms with E-state index in [9.17, 15) is 9.90 Å². The van der Waals surface area contributed by atoms with Crippen LogP contribution in [0.25, 0.3) is 0 Å². The van der Waals surface area contributed by atoms with Crippen molar-refractivity contribution in [3.8, 4) is 0 Å². The Balaban J connectivity index is 1.54. The van der Waals surface area contributed by atoms with Gasteiger partial charge in [-0.1, -0.05) is 48.0 Å². The molecule has 0 spiro atoms. The summed E-state index contributed by atoms with van der Waals surface area (Å²) in [5.41, 5.74) is 1.89. The average Bonchev–Trinajstić information content (AvgIpc) is 2.98. The van der Waals surface area contributed by atoms with Crippen LogP contribution < -0.4 is 5.32 Å². The minimum Gasteiger partial charge on any atom is -0.384 e. The third kappa shape index (κ3) is 4.21. The van der Waals surface area contributed by atoms with Crippen molar-refractivity contribution < 1.29 is 9.90 Å². The summed E-state index contributed by atoms with van der Waals surface area (Å²) < 4.78 is 0. The van der Waals surface area contributed by atoms with Crippen LogP contribution in [-0.2, 0) is 10.4 Å². The van der Waals surface area contributed by atoms with Gasteiger partial charge in [-0.15, -0.1) is 0 Å². The van der Waals surface area contributed by atoms with Gasteiger partial charge in [-0.25, -0.2) is 0 Å². The monoisotopic (exact) mass is 358 g/mol. The Kier molecular flexibility index (Phi) is 5.42. The van der Waals surface area contributed by atoms with E-state index in [4.69, 9.17) is 11.6 Å². The van der Waals surface area contributed by atoms with Crippen LogP contribution in [-0.4, -0.2) is 35.5 Å². The number of hydrogen-bond donors (Lipinski definition) is 2. The summed E-state index contributed by atoms with van der Waals surface area (Å²) in [5, 5.41) is 14.4. The first-order chi connectivity index (χ1) is 12.0. The number of carbonyl (C=O) groups is 1. The van der Waals surface area contributed by atoms with Crippen LogP contribution in [0.1, 0.15) is 24.0 Å². The smallest absolute Gasteiger partial charge is 0.225 e. The standard InChI is InChI=1S/C20H23ClN2O2/c1-15-6-2-3-7-16(15)20(25)11-13-23(14-20)12-10-19(24)22-18-9-5-4-8-17(18)21/h2-9,25H,10-14H2,1H3,(H,22,24)/t20-/m0/s1. The lowest BCUT2D eigenvalue weighted by atomic mass is 9.89. The van der Waals surface area contributed by atoms with Crippen molar-refractivity contribution in [2.45, 2.75) is 25.4 Å². The van der Waals surface area contributed by atoms with Crippen molar-refractivity contribution in [2.24, 2.45) is 0 Å². The van der Waals surface area contributed by atoms with E-state index < -0.39 is 5.60 Å². The highest BCUT2D eigenvalue weighted by Crippen LogP contribution is 2.33.